The summed E-state index contributed by atoms with van der Waals surface area (Å²) in [6.45, 7) is 0.781. The van der Waals surface area contributed by atoms with Crippen molar-refractivity contribution in [1.29, 1.82) is 0 Å². The number of carbonyl (C=O) groups excluding carboxylic acids is 1. The SMILES string of the molecule is CN(C)C(=O)c1ccc(NCc2csc(Br)c2)cc1. The Morgan fingerprint density at radius 3 is 2.53 bits per heavy atom. The number of rotatable bonds is 4. The number of benzene rings is 1. The van der Waals surface area contributed by atoms with Crippen LogP contribution in [0.3, 0.4) is 0 Å². The molecule has 0 saturated carbocycles. The minimum atomic E-state index is 0.0216. The van der Waals surface area contributed by atoms with Crippen molar-refractivity contribution < 1.29 is 4.79 Å². The molecule has 0 radical (unpaired) electrons. The van der Waals surface area contributed by atoms with Gasteiger partial charge in [-0.15, -0.1) is 11.3 Å². The Labute approximate surface area is 125 Å². The molecule has 2 aromatic rings. The van der Waals surface area contributed by atoms with Crippen LogP contribution in [0, 0.1) is 0 Å². The lowest BCUT2D eigenvalue weighted by Crippen LogP contribution is -2.21. The lowest BCUT2D eigenvalue weighted by Gasteiger charge is -2.11. The van der Waals surface area contributed by atoms with E-state index in [-0.39, 0.29) is 5.91 Å². The first kappa shape index (κ1) is 14.1. The number of anilines is 1. The van der Waals surface area contributed by atoms with Gasteiger partial charge in [-0.3, -0.25) is 4.79 Å². The molecule has 0 unspecified atom stereocenters. The van der Waals surface area contributed by atoms with Gasteiger partial charge in [0.05, 0.1) is 3.79 Å². The van der Waals surface area contributed by atoms with Gasteiger partial charge in [-0.2, -0.15) is 0 Å². The van der Waals surface area contributed by atoms with E-state index < -0.39 is 0 Å². The minimum absolute atomic E-state index is 0.0216. The van der Waals surface area contributed by atoms with Gasteiger partial charge in [0, 0.05) is 31.9 Å². The first-order valence-electron chi connectivity index (χ1n) is 5.85. The molecule has 1 N–H and O–H groups in total. The molecule has 0 spiro atoms. The molecular formula is C14H15BrN2OS. The van der Waals surface area contributed by atoms with Crippen LogP contribution in [0.25, 0.3) is 0 Å². The molecule has 2 rings (SSSR count). The number of hydrogen-bond donors (Lipinski definition) is 1. The molecule has 0 atom stereocenters. The van der Waals surface area contributed by atoms with Gasteiger partial charge < -0.3 is 10.2 Å². The van der Waals surface area contributed by atoms with E-state index in [9.17, 15) is 4.79 Å². The van der Waals surface area contributed by atoms with Crippen molar-refractivity contribution >= 4 is 38.9 Å². The average Bonchev–Trinajstić information content (AvgIpc) is 2.82. The Bertz CT molecular complexity index is 563. The molecule has 5 heteroatoms. The van der Waals surface area contributed by atoms with E-state index in [0.717, 1.165) is 16.0 Å². The molecule has 1 heterocycles. The van der Waals surface area contributed by atoms with Gasteiger partial charge in [0.1, 0.15) is 0 Å². The summed E-state index contributed by atoms with van der Waals surface area (Å²) < 4.78 is 1.14. The summed E-state index contributed by atoms with van der Waals surface area (Å²) in [5, 5.41) is 5.44. The summed E-state index contributed by atoms with van der Waals surface area (Å²) in [7, 11) is 3.51. The smallest absolute Gasteiger partial charge is 0.253 e. The number of amides is 1. The van der Waals surface area contributed by atoms with Crippen molar-refractivity contribution in [3.05, 3.63) is 50.6 Å². The highest BCUT2D eigenvalue weighted by Crippen LogP contribution is 2.21. The lowest BCUT2D eigenvalue weighted by molar-refractivity contribution is 0.0827. The average molecular weight is 339 g/mol. The van der Waals surface area contributed by atoms with E-state index in [0.29, 0.717) is 5.56 Å². The van der Waals surface area contributed by atoms with E-state index in [1.165, 1.54) is 5.56 Å². The van der Waals surface area contributed by atoms with Crippen LogP contribution in [0.2, 0.25) is 0 Å². The van der Waals surface area contributed by atoms with Crippen LogP contribution in [0.5, 0.6) is 0 Å². The van der Waals surface area contributed by atoms with Crippen molar-refractivity contribution in [1.82, 2.24) is 4.90 Å². The second-order valence-corrected chi connectivity index (χ2v) is 6.68. The number of nitrogens with zero attached hydrogens (tertiary/aromatic N) is 1. The fourth-order valence-electron chi connectivity index (χ4n) is 1.63. The Balaban J connectivity index is 1.97. The molecular weight excluding hydrogens is 324 g/mol. The van der Waals surface area contributed by atoms with E-state index >= 15 is 0 Å². The van der Waals surface area contributed by atoms with Crippen LogP contribution in [-0.4, -0.2) is 24.9 Å². The zero-order chi connectivity index (χ0) is 13.8. The molecule has 1 aromatic carbocycles. The van der Waals surface area contributed by atoms with Gasteiger partial charge >= 0.3 is 0 Å². The predicted octanol–water partition coefficient (Wildman–Crippen LogP) is 3.82. The Morgan fingerprint density at radius 1 is 1.32 bits per heavy atom. The van der Waals surface area contributed by atoms with E-state index in [4.69, 9.17) is 0 Å². The van der Waals surface area contributed by atoms with Crippen LogP contribution in [0.15, 0.2) is 39.5 Å². The third-order valence-electron chi connectivity index (χ3n) is 2.66. The quantitative estimate of drug-likeness (QED) is 0.918. The fraction of sp³-hybridized carbons (Fsp3) is 0.214. The maximum absolute atomic E-state index is 11.7. The maximum Gasteiger partial charge on any atom is 0.253 e. The minimum Gasteiger partial charge on any atom is -0.381 e. The van der Waals surface area contributed by atoms with E-state index in [2.05, 4.69) is 32.7 Å². The van der Waals surface area contributed by atoms with E-state index in [1.54, 1.807) is 30.3 Å². The number of hydrogen-bond acceptors (Lipinski definition) is 3. The molecule has 1 aromatic heterocycles. The fourth-order valence-corrected chi connectivity index (χ4v) is 2.84. The third kappa shape index (κ3) is 3.81. The molecule has 3 nitrogen and oxygen atoms in total. The molecule has 0 saturated heterocycles. The van der Waals surface area contributed by atoms with Crippen molar-refractivity contribution in [2.45, 2.75) is 6.54 Å². The van der Waals surface area contributed by atoms with Crippen molar-refractivity contribution in [2.75, 3.05) is 19.4 Å². The number of thiophene rings is 1. The van der Waals surface area contributed by atoms with Crippen LogP contribution in [-0.2, 0) is 6.54 Å². The monoisotopic (exact) mass is 338 g/mol. The highest BCUT2D eigenvalue weighted by Gasteiger charge is 2.07. The Morgan fingerprint density at radius 2 is 2.00 bits per heavy atom. The molecule has 0 fully saturated rings. The molecule has 19 heavy (non-hydrogen) atoms. The van der Waals surface area contributed by atoms with Crippen LogP contribution < -0.4 is 5.32 Å². The predicted molar refractivity (Wildman–Crippen MR) is 83.8 cm³/mol. The maximum atomic E-state index is 11.7. The van der Waals surface area contributed by atoms with Crippen LogP contribution in [0.4, 0.5) is 5.69 Å². The first-order valence-corrected chi connectivity index (χ1v) is 7.52. The summed E-state index contributed by atoms with van der Waals surface area (Å²) >= 11 is 5.12. The van der Waals surface area contributed by atoms with Gasteiger partial charge in [-0.05, 0) is 57.2 Å². The number of halogens is 1. The summed E-state index contributed by atoms with van der Waals surface area (Å²) in [4.78, 5) is 13.3. The van der Waals surface area contributed by atoms with Gasteiger partial charge in [0.2, 0.25) is 0 Å². The number of nitrogens with one attached hydrogen (secondary N) is 1. The second-order valence-electron chi connectivity index (χ2n) is 4.39. The summed E-state index contributed by atoms with van der Waals surface area (Å²) in [5.74, 6) is 0.0216. The van der Waals surface area contributed by atoms with Crippen molar-refractivity contribution in [3.63, 3.8) is 0 Å². The van der Waals surface area contributed by atoms with Crippen LogP contribution in [0.1, 0.15) is 15.9 Å². The molecule has 0 aliphatic rings. The van der Waals surface area contributed by atoms with Gasteiger partial charge in [-0.1, -0.05) is 0 Å². The van der Waals surface area contributed by atoms with E-state index in [1.807, 2.05) is 24.3 Å². The lowest BCUT2D eigenvalue weighted by atomic mass is 10.2. The summed E-state index contributed by atoms with van der Waals surface area (Å²) in [6, 6.07) is 9.64. The van der Waals surface area contributed by atoms with Gasteiger partial charge in [0.25, 0.3) is 5.91 Å². The Hall–Kier alpha value is -1.33. The summed E-state index contributed by atoms with van der Waals surface area (Å²) in [5.41, 5.74) is 2.96. The second kappa shape index (κ2) is 6.21. The molecule has 100 valence electrons. The topological polar surface area (TPSA) is 32.3 Å². The molecule has 0 bridgehead atoms. The highest BCUT2D eigenvalue weighted by atomic mass is 79.9. The van der Waals surface area contributed by atoms with Gasteiger partial charge in [-0.25, -0.2) is 0 Å². The summed E-state index contributed by atoms with van der Waals surface area (Å²) in [6.07, 6.45) is 0. The van der Waals surface area contributed by atoms with Crippen molar-refractivity contribution in [3.8, 4) is 0 Å². The zero-order valence-electron chi connectivity index (χ0n) is 10.8. The van der Waals surface area contributed by atoms with Gasteiger partial charge in [0.15, 0.2) is 0 Å². The third-order valence-corrected chi connectivity index (χ3v) is 4.21. The largest absolute Gasteiger partial charge is 0.381 e. The molecule has 0 aliphatic carbocycles. The standard InChI is InChI=1S/C14H15BrN2OS/c1-17(2)14(18)11-3-5-12(6-4-11)16-8-10-7-13(15)19-9-10/h3-7,9,16H,8H2,1-2H3. The molecule has 1 amide bonds. The molecule has 0 aliphatic heterocycles. The van der Waals surface area contributed by atoms with Crippen molar-refractivity contribution in [2.24, 2.45) is 0 Å². The highest BCUT2D eigenvalue weighted by molar-refractivity contribution is 9.11. The number of carbonyl (C=O) groups is 1. The first-order chi connectivity index (χ1) is 9.06. The zero-order valence-corrected chi connectivity index (χ0v) is 13.2. The Kier molecular flexibility index (Phi) is 4.61. The normalized spacial score (nSPS) is 10.3. The van der Waals surface area contributed by atoms with Crippen LogP contribution >= 0.6 is 27.3 Å².